The van der Waals surface area contributed by atoms with Gasteiger partial charge in [-0.15, -0.1) is 0 Å². The molecular formula is C12H16N2O. The van der Waals surface area contributed by atoms with E-state index in [-0.39, 0.29) is 0 Å². The van der Waals surface area contributed by atoms with E-state index in [1.165, 1.54) is 5.56 Å². The van der Waals surface area contributed by atoms with Crippen molar-refractivity contribution < 1.29 is 4.79 Å². The number of carbonyl (C=O) groups is 1. The first-order chi connectivity index (χ1) is 7.34. The van der Waals surface area contributed by atoms with Gasteiger partial charge in [0.25, 0.3) is 0 Å². The maximum absolute atomic E-state index is 11.2. The van der Waals surface area contributed by atoms with Crippen LogP contribution < -0.4 is 5.43 Å². The Morgan fingerprint density at radius 3 is 2.87 bits per heavy atom. The summed E-state index contributed by atoms with van der Waals surface area (Å²) < 4.78 is 0. The van der Waals surface area contributed by atoms with Crippen LogP contribution in [0, 0.1) is 0 Å². The number of ketones is 1. The van der Waals surface area contributed by atoms with Crippen molar-refractivity contribution in [1.82, 2.24) is 10.4 Å². The number of rotatable bonds is 2. The summed E-state index contributed by atoms with van der Waals surface area (Å²) in [5.41, 5.74) is 4.44. The Bertz CT molecular complexity index is 324. The molecule has 0 bridgehead atoms. The minimum Gasteiger partial charge on any atom is -0.298 e. The van der Waals surface area contributed by atoms with Crippen molar-refractivity contribution in [2.75, 3.05) is 13.1 Å². The molecule has 1 aromatic rings. The van der Waals surface area contributed by atoms with E-state index in [2.05, 4.69) is 22.6 Å². The molecule has 3 nitrogen and oxygen atoms in total. The monoisotopic (exact) mass is 204 g/mol. The maximum Gasteiger partial charge on any atom is 0.148 e. The first-order valence-corrected chi connectivity index (χ1v) is 5.39. The van der Waals surface area contributed by atoms with Crippen molar-refractivity contribution in [2.45, 2.75) is 19.4 Å². The third-order valence-electron chi connectivity index (χ3n) is 2.60. The molecule has 15 heavy (non-hydrogen) atoms. The van der Waals surface area contributed by atoms with Gasteiger partial charge in [0, 0.05) is 19.5 Å². The quantitative estimate of drug-likeness (QED) is 0.789. The smallest absolute Gasteiger partial charge is 0.148 e. The van der Waals surface area contributed by atoms with E-state index in [0.717, 1.165) is 19.5 Å². The molecular weight excluding hydrogens is 188 g/mol. The molecule has 0 aliphatic carbocycles. The average Bonchev–Trinajstić information content (AvgIpc) is 2.46. The first kappa shape index (κ1) is 10.3. The highest BCUT2D eigenvalue weighted by molar-refractivity contribution is 5.80. The number of carbonyl (C=O) groups excluding carboxylic acids is 1. The molecule has 1 aliphatic heterocycles. The number of Topliss-reactive ketones (excluding diaryl/α,β-unsaturated/α-hetero) is 1. The molecule has 0 saturated carbocycles. The first-order valence-electron chi connectivity index (χ1n) is 5.39. The van der Waals surface area contributed by atoms with Crippen LogP contribution in [0.15, 0.2) is 30.3 Å². The summed E-state index contributed by atoms with van der Waals surface area (Å²) in [6, 6.07) is 10.3. The minimum absolute atomic E-state index is 0.311. The van der Waals surface area contributed by atoms with Crippen molar-refractivity contribution >= 4 is 5.78 Å². The molecule has 1 heterocycles. The van der Waals surface area contributed by atoms with Crippen molar-refractivity contribution in [3.8, 4) is 0 Å². The Morgan fingerprint density at radius 1 is 1.27 bits per heavy atom. The lowest BCUT2D eigenvalue weighted by molar-refractivity contribution is -0.118. The Hall–Kier alpha value is -1.19. The van der Waals surface area contributed by atoms with Crippen molar-refractivity contribution in [3.63, 3.8) is 0 Å². The molecule has 1 aliphatic rings. The summed E-state index contributed by atoms with van der Waals surface area (Å²) in [5, 5.41) is 2.13. The summed E-state index contributed by atoms with van der Waals surface area (Å²) in [5.74, 6) is 0.311. The molecule has 1 N–H and O–H groups in total. The standard InChI is InChI=1S/C12H16N2O/c15-12-7-4-8-14(13-9-12)10-11-5-2-1-3-6-11/h1-3,5-6,13H,4,7-10H2. The fourth-order valence-electron chi connectivity index (χ4n) is 1.77. The zero-order valence-electron chi connectivity index (χ0n) is 8.78. The molecule has 80 valence electrons. The predicted molar refractivity (Wildman–Crippen MR) is 59.1 cm³/mol. The van der Waals surface area contributed by atoms with E-state index in [0.29, 0.717) is 18.7 Å². The Kier molecular flexibility index (Phi) is 3.48. The molecule has 3 heteroatoms. The van der Waals surface area contributed by atoms with E-state index in [4.69, 9.17) is 0 Å². The second kappa shape index (κ2) is 5.05. The van der Waals surface area contributed by atoms with Gasteiger partial charge in [-0.3, -0.25) is 4.79 Å². The lowest BCUT2D eigenvalue weighted by atomic mass is 10.2. The van der Waals surface area contributed by atoms with Gasteiger partial charge in [-0.05, 0) is 12.0 Å². The van der Waals surface area contributed by atoms with Gasteiger partial charge in [0.2, 0.25) is 0 Å². The van der Waals surface area contributed by atoms with Gasteiger partial charge in [-0.2, -0.15) is 0 Å². The van der Waals surface area contributed by atoms with Gasteiger partial charge in [-0.25, -0.2) is 10.4 Å². The second-order valence-corrected chi connectivity index (χ2v) is 3.88. The lowest BCUT2D eigenvalue weighted by Crippen LogP contribution is -2.38. The van der Waals surface area contributed by atoms with Gasteiger partial charge in [0.15, 0.2) is 0 Å². The molecule has 0 amide bonds. The number of hydrazine groups is 1. The summed E-state index contributed by atoms with van der Waals surface area (Å²) in [6.45, 7) is 2.29. The van der Waals surface area contributed by atoms with Gasteiger partial charge in [-0.1, -0.05) is 30.3 Å². The van der Waals surface area contributed by atoms with Crippen LogP contribution in [0.5, 0.6) is 0 Å². The van der Waals surface area contributed by atoms with Crippen LogP contribution in [0.2, 0.25) is 0 Å². The number of nitrogens with one attached hydrogen (secondary N) is 1. The minimum atomic E-state index is 0.311. The Morgan fingerprint density at radius 2 is 2.07 bits per heavy atom. The van der Waals surface area contributed by atoms with E-state index in [1.54, 1.807) is 0 Å². The van der Waals surface area contributed by atoms with Crippen LogP contribution in [0.1, 0.15) is 18.4 Å². The van der Waals surface area contributed by atoms with E-state index in [9.17, 15) is 4.79 Å². The SMILES string of the molecule is O=C1CCCN(Cc2ccccc2)NC1. The van der Waals surface area contributed by atoms with Crippen LogP contribution in [0.25, 0.3) is 0 Å². The summed E-state index contributed by atoms with van der Waals surface area (Å²) in [6.07, 6.45) is 1.66. The molecule has 0 atom stereocenters. The topological polar surface area (TPSA) is 32.3 Å². The number of hydrogen-bond acceptors (Lipinski definition) is 3. The molecule has 0 aromatic heterocycles. The summed E-state index contributed by atoms with van der Waals surface area (Å²) >= 11 is 0. The largest absolute Gasteiger partial charge is 0.298 e. The van der Waals surface area contributed by atoms with Gasteiger partial charge < -0.3 is 0 Å². The van der Waals surface area contributed by atoms with Crippen LogP contribution in [-0.4, -0.2) is 23.9 Å². The number of benzene rings is 1. The molecule has 0 radical (unpaired) electrons. The summed E-state index contributed by atoms with van der Waals surface area (Å²) in [7, 11) is 0. The van der Waals surface area contributed by atoms with Crippen molar-refractivity contribution in [1.29, 1.82) is 0 Å². The van der Waals surface area contributed by atoms with Gasteiger partial charge in [0.1, 0.15) is 5.78 Å². The van der Waals surface area contributed by atoms with Crippen LogP contribution in [0.4, 0.5) is 0 Å². The molecule has 1 aromatic carbocycles. The third kappa shape index (κ3) is 3.15. The van der Waals surface area contributed by atoms with Crippen molar-refractivity contribution in [2.24, 2.45) is 0 Å². The number of hydrogen-bond donors (Lipinski definition) is 1. The highest BCUT2D eigenvalue weighted by Crippen LogP contribution is 2.06. The van der Waals surface area contributed by atoms with Crippen LogP contribution in [0.3, 0.4) is 0 Å². The molecule has 1 saturated heterocycles. The van der Waals surface area contributed by atoms with Gasteiger partial charge in [0.05, 0.1) is 6.54 Å². The zero-order valence-corrected chi connectivity index (χ0v) is 8.78. The molecule has 0 spiro atoms. The molecule has 2 rings (SSSR count). The highest BCUT2D eigenvalue weighted by atomic mass is 16.1. The summed E-state index contributed by atoms with van der Waals surface area (Å²) in [4.78, 5) is 11.2. The third-order valence-corrected chi connectivity index (χ3v) is 2.60. The molecule has 0 unspecified atom stereocenters. The zero-order chi connectivity index (χ0) is 10.5. The van der Waals surface area contributed by atoms with E-state index < -0.39 is 0 Å². The average molecular weight is 204 g/mol. The molecule has 1 fully saturated rings. The van der Waals surface area contributed by atoms with Crippen LogP contribution in [-0.2, 0) is 11.3 Å². The maximum atomic E-state index is 11.2. The lowest BCUT2D eigenvalue weighted by Gasteiger charge is -2.20. The van der Waals surface area contributed by atoms with Crippen molar-refractivity contribution in [3.05, 3.63) is 35.9 Å². The normalized spacial score (nSPS) is 18.8. The highest BCUT2D eigenvalue weighted by Gasteiger charge is 2.12. The van der Waals surface area contributed by atoms with Gasteiger partial charge >= 0.3 is 0 Å². The van der Waals surface area contributed by atoms with E-state index >= 15 is 0 Å². The van der Waals surface area contributed by atoms with E-state index in [1.807, 2.05) is 18.2 Å². The Balaban J connectivity index is 1.92. The fraction of sp³-hybridized carbons (Fsp3) is 0.417. The second-order valence-electron chi connectivity index (χ2n) is 3.88. The predicted octanol–water partition coefficient (Wildman–Crippen LogP) is 1.36. The van der Waals surface area contributed by atoms with Crippen LogP contribution >= 0.6 is 0 Å². The number of nitrogens with zero attached hydrogens (tertiary/aromatic N) is 1. The Labute approximate surface area is 90.1 Å². The fourth-order valence-corrected chi connectivity index (χ4v) is 1.77.